The van der Waals surface area contributed by atoms with Gasteiger partial charge in [-0.25, -0.2) is 4.79 Å². The number of esters is 1. The molecule has 1 aliphatic carbocycles. The summed E-state index contributed by atoms with van der Waals surface area (Å²) in [6, 6.07) is 6.98. The molecule has 1 aromatic heterocycles. The van der Waals surface area contributed by atoms with Crippen LogP contribution in [0.25, 0.3) is 11.0 Å². The minimum Gasteiger partial charge on any atom is -0.460 e. The maximum Gasteiger partial charge on any atom is 0.374 e. The number of fused-ring (bicyclic) bond motifs is 1. The van der Waals surface area contributed by atoms with E-state index >= 15 is 0 Å². The molecular formula is C26H36N2O5. The molecule has 1 aromatic carbocycles. The molecule has 2 aliphatic rings. The summed E-state index contributed by atoms with van der Waals surface area (Å²) in [5, 5.41) is 7.25. The van der Waals surface area contributed by atoms with Crippen LogP contribution in [0.2, 0.25) is 0 Å². The lowest BCUT2D eigenvalue weighted by Crippen LogP contribution is -2.42. The minimum atomic E-state index is -0.473. The Bertz CT molecular complexity index is 934. The molecule has 2 N–H and O–H groups in total. The smallest absolute Gasteiger partial charge is 0.374 e. The number of ether oxygens (including phenoxy) is 2. The molecule has 0 spiro atoms. The first kappa shape index (κ1) is 23.8. The number of hydrogen-bond acceptors (Lipinski definition) is 6. The second-order valence-corrected chi connectivity index (χ2v) is 9.17. The maximum absolute atomic E-state index is 13.0. The highest BCUT2D eigenvalue weighted by Crippen LogP contribution is 2.36. The number of unbranched alkanes of at least 4 members (excludes halogenated alkanes) is 1. The lowest BCUT2D eigenvalue weighted by molar-refractivity contribution is -0.119. The molecule has 2 fully saturated rings. The molecule has 0 unspecified atom stereocenters. The predicted molar refractivity (Wildman–Crippen MR) is 127 cm³/mol. The van der Waals surface area contributed by atoms with Gasteiger partial charge in [-0.15, -0.1) is 0 Å². The standard InChI is InChI=1S/C26H36N2O5/c1-2-31-14-6-7-15-32-26(30)23-17-19-16-20(10-11-22(19)33-23)28-25(29)24-21(12-13-27-24)18-8-4-3-5-9-18/h10-11,16-18,21,24,27H,2-9,12-15H2,1H3,(H,28,29)/t21-,24+/m0/s1. The average Bonchev–Trinajstić information content (AvgIpc) is 3.49. The molecule has 0 bridgehead atoms. The second-order valence-electron chi connectivity index (χ2n) is 9.17. The lowest BCUT2D eigenvalue weighted by atomic mass is 9.76. The molecule has 1 aliphatic heterocycles. The third-order valence-electron chi connectivity index (χ3n) is 6.91. The van der Waals surface area contributed by atoms with Crippen LogP contribution in [0.4, 0.5) is 5.69 Å². The van der Waals surface area contributed by atoms with Crippen LogP contribution in [0.3, 0.4) is 0 Å². The third-order valence-corrected chi connectivity index (χ3v) is 6.91. The Labute approximate surface area is 195 Å². The lowest BCUT2D eigenvalue weighted by Gasteiger charge is -2.30. The van der Waals surface area contributed by atoms with E-state index in [1.807, 2.05) is 19.1 Å². The van der Waals surface area contributed by atoms with Crippen LogP contribution in [0.1, 0.15) is 68.8 Å². The Hall–Kier alpha value is -2.38. The molecule has 7 heteroatoms. The molecule has 2 heterocycles. The van der Waals surface area contributed by atoms with Gasteiger partial charge in [-0.3, -0.25) is 4.79 Å². The molecule has 1 saturated carbocycles. The van der Waals surface area contributed by atoms with Gasteiger partial charge in [0.1, 0.15) is 5.58 Å². The first-order chi connectivity index (χ1) is 16.2. The Morgan fingerprint density at radius 1 is 1.09 bits per heavy atom. The molecule has 2 aromatic rings. The first-order valence-corrected chi connectivity index (χ1v) is 12.5. The number of furan rings is 1. The highest BCUT2D eigenvalue weighted by molar-refractivity contribution is 5.98. The van der Waals surface area contributed by atoms with Crippen molar-refractivity contribution in [2.45, 2.75) is 64.3 Å². The van der Waals surface area contributed by atoms with E-state index in [0.717, 1.165) is 31.2 Å². The predicted octanol–water partition coefficient (Wildman–Crippen LogP) is 4.90. The van der Waals surface area contributed by atoms with Gasteiger partial charge in [-0.05, 0) is 68.8 Å². The van der Waals surface area contributed by atoms with Gasteiger partial charge < -0.3 is 24.5 Å². The summed E-state index contributed by atoms with van der Waals surface area (Å²) in [6.45, 7) is 4.56. The average molecular weight is 457 g/mol. The Kier molecular flexibility index (Phi) is 8.40. The number of anilines is 1. The molecule has 2 atom stereocenters. The molecule has 180 valence electrons. The molecule has 7 nitrogen and oxygen atoms in total. The van der Waals surface area contributed by atoms with Gasteiger partial charge in [0.05, 0.1) is 12.6 Å². The summed E-state index contributed by atoms with van der Waals surface area (Å²) in [5.41, 5.74) is 1.30. The van der Waals surface area contributed by atoms with Crippen molar-refractivity contribution in [3.63, 3.8) is 0 Å². The van der Waals surface area contributed by atoms with Crippen LogP contribution < -0.4 is 10.6 Å². The monoisotopic (exact) mass is 456 g/mol. The van der Waals surface area contributed by atoms with E-state index in [-0.39, 0.29) is 17.7 Å². The van der Waals surface area contributed by atoms with Crippen LogP contribution >= 0.6 is 0 Å². The number of carbonyl (C=O) groups is 2. The second kappa shape index (κ2) is 11.7. The number of rotatable bonds is 10. The zero-order valence-corrected chi connectivity index (χ0v) is 19.6. The topological polar surface area (TPSA) is 89.8 Å². The van der Waals surface area contributed by atoms with Gasteiger partial charge in [0.15, 0.2) is 0 Å². The van der Waals surface area contributed by atoms with E-state index < -0.39 is 5.97 Å². The van der Waals surface area contributed by atoms with Crippen molar-refractivity contribution < 1.29 is 23.5 Å². The molecule has 1 saturated heterocycles. The van der Waals surface area contributed by atoms with E-state index in [1.54, 1.807) is 12.1 Å². The van der Waals surface area contributed by atoms with E-state index in [4.69, 9.17) is 13.9 Å². The first-order valence-electron chi connectivity index (χ1n) is 12.5. The van der Waals surface area contributed by atoms with Gasteiger partial charge in [-0.1, -0.05) is 32.1 Å². The van der Waals surface area contributed by atoms with Crippen molar-refractivity contribution >= 4 is 28.5 Å². The van der Waals surface area contributed by atoms with Crippen molar-refractivity contribution in [3.05, 3.63) is 30.0 Å². The Morgan fingerprint density at radius 2 is 1.91 bits per heavy atom. The Morgan fingerprint density at radius 3 is 2.73 bits per heavy atom. The van der Waals surface area contributed by atoms with E-state index in [9.17, 15) is 9.59 Å². The quantitative estimate of drug-likeness (QED) is 0.390. The molecule has 33 heavy (non-hydrogen) atoms. The zero-order chi connectivity index (χ0) is 23.0. The number of amides is 1. The van der Waals surface area contributed by atoms with Crippen LogP contribution in [-0.2, 0) is 14.3 Å². The van der Waals surface area contributed by atoms with Gasteiger partial charge in [0, 0.05) is 24.3 Å². The van der Waals surface area contributed by atoms with E-state index in [0.29, 0.717) is 42.9 Å². The minimum absolute atomic E-state index is 0.0256. The summed E-state index contributed by atoms with van der Waals surface area (Å²) in [6.07, 6.45) is 9.03. The zero-order valence-electron chi connectivity index (χ0n) is 19.6. The van der Waals surface area contributed by atoms with Crippen LogP contribution in [-0.4, -0.2) is 44.3 Å². The third kappa shape index (κ3) is 6.15. The van der Waals surface area contributed by atoms with Gasteiger partial charge in [0.25, 0.3) is 0 Å². The Balaban J connectivity index is 1.33. The summed E-state index contributed by atoms with van der Waals surface area (Å²) in [7, 11) is 0. The number of nitrogens with one attached hydrogen (secondary N) is 2. The number of benzene rings is 1. The fourth-order valence-electron chi connectivity index (χ4n) is 5.21. The number of hydrogen-bond donors (Lipinski definition) is 2. The van der Waals surface area contributed by atoms with E-state index in [2.05, 4.69) is 10.6 Å². The summed E-state index contributed by atoms with van der Waals surface area (Å²) >= 11 is 0. The fourth-order valence-corrected chi connectivity index (χ4v) is 5.21. The van der Waals surface area contributed by atoms with Crippen molar-refractivity contribution in [3.8, 4) is 0 Å². The SMILES string of the molecule is CCOCCCCOC(=O)c1cc2cc(NC(=O)[C@@H]3NCC[C@H]3C3CCCCC3)ccc2o1. The molecular weight excluding hydrogens is 420 g/mol. The molecule has 4 rings (SSSR count). The van der Waals surface area contributed by atoms with E-state index in [1.165, 1.54) is 32.1 Å². The summed E-state index contributed by atoms with van der Waals surface area (Å²) in [5.74, 6) is 0.788. The van der Waals surface area contributed by atoms with Crippen molar-refractivity contribution in [1.29, 1.82) is 0 Å². The van der Waals surface area contributed by atoms with Crippen LogP contribution in [0.5, 0.6) is 0 Å². The fraction of sp³-hybridized carbons (Fsp3) is 0.615. The highest BCUT2D eigenvalue weighted by Gasteiger charge is 2.38. The summed E-state index contributed by atoms with van der Waals surface area (Å²) in [4.78, 5) is 25.4. The van der Waals surface area contributed by atoms with Crippen molar-refractivity contribution in [2.75, 3.05) is 31.7 Å². The van der Waals surface area contributed by atoms with Crippen LogP contribution in [0.15, 0.2) is 28.7 Å². The van der Waals surface area contributed by atoms with Crippen LogP contribution in [0, 0.1) is 11.8 Å². The highest BCUT2D eigenvalue weighted by atomic mass is 16.5. The largest absolute Gasteiger partial charge is 0.460 e. The molecule has 0 radical (unpaired) electrons. The van der Waals surface area contributed by atoms with Crippen molar-refractivity contribution in [2.24, 2.45) is 11.8 Å². The van der Waals surface area contributed by atoms with Gasteiger partial charge in [0.2, 0.25) is 11.7 Å². The van der Waals surface area contributed by atoms with Gasteiger partial charge in [-0.2, -0.15) is 0 Å². The maximum atomic E-state index is 13.0. The number of carbonyl (C=O) groups excluding carboxylic acids is 2. The normalized spacial score (nSPS) is 21.4. The van der Waals surface area contributed by atoms with Gasteiger partial charge >= 0.3 is 5.97 Å². The molecule has 1 amide bonds. The van der Waals surface area contributed by atoms with Crippen molar-refractivity contribution in [1.82, 2.24) is 5.32 Å². The summed E-state index contributed by atoms with van der Waals surface area (Å²) < 4.78 is 16.2.